The van der Waals surface area contributed by atoms with Crippen LogP contribution in [0.4, 0.5) is 10.1 Å². The van der Waals surface area contributed by atoms with Crippen LogP contribution in [0.25, 0.3) is 10.9 Å². The van der Waals surface area contributed by atoms with Crippen molar-refractivity contribution in [1.82, 2.24) is 4.98 Å². The first-order valence-corrected chi connectivity index (χ1v) is 7.20. The van der Waals surface area contributed by atoms with Gasteiger partial charge in [0, 0.05) is 22.7 Å². The smallest absolute Gasteiger partial charge is 0.255 e. The molecule has 5 nitrogen and oxygen atoms in total. The number of rotatable bonds is 4. The first-order chi connectivity index (χ1) is 11.6. The third-order valence-corrected chi connectivity index (χ3v) is 3.54. The molecular weight excluding hydrogens is 311 g/mol. The number of hydrogen-bond donors (Lipinski definition) is 1. The Hall–Kier alpha value is -3.15. The molecule has 1 heterocycles. The molecule has 0 aliphatic carbocycles. The van der Waals surface area contributed by atoms with Crippen molar-refractivity contribution in [2.24, 2.45) is 0 Å². The van der Waals surface area contributed by atoms with Gasteiger partial charge >= 0.3 is 0 Å². The standard InChI is InChI=1S/C18H15FN2O3/c1-23-16-7-3-12(10-14(16)19)18(22)20-13-5-6-15-11(9-13)4-8-17(21-15)24-2/h3-10H,1-2H3,(H,20,22). The minimum atomic E-state index is -0.583. The summed E-state index contributed by atoms with van der Waals surface area (Å²) in [5, 5.41) is 3.59. The van der Waals surface area contributed by atoms with E-state index in [1.807, 2.05) is 6.07 Å². The number of anilines is 1. The second-order valence-electron chi connectivity index (χ2n) is 5.06. The van der Waals surface area contributed by atoms with E-state index in [-0.39, 0.29) is 11.3 Å². The molecule has 2 aromatic carbocycles. The van der Waals surface area contributed by atoms with Crippen molar-refractivity contribution >= 4 is 22.5 Å². The molecule has 3 aromatic rings. The van der Waals surface area contributed by atoms with E-state index in [1.54, 1.807) is 31.4 Å². The molecule has 122 valence electrons. The van der Waals surface area contributed by atoms with Crippen molar-refractivity contribution < 1.29 is 18.7 Å². The van der Waals surface area contributed by atoms with Gasteiger partial charge in [-0.1, -0.05) is 0 Å². The highest BCUT2D eigenvalue weighted by atomic mass is 19.1. The number of halogens is 1. The number of amides is 1. The Morgan fingerprint density at radius 1 is 1.04 bits per heavy atom. The second kappa shape index (κ2) is 6.54. The van der Waals surface area contributed by atoms with Gasteiger partial charge in [0.1, 0.15) is 0 Å². The molecule has 0 atom stereocenters. The summed E-state index contributed by atoms with van der Waals surface area (Å²) in [6.45, 7) is 0. The maximum absolute atomic E-state index is 13.7. The van der Waals surface area contributed by atoms with Crippen LogP contribution in [0.2, 0.25) is 0 Å². The number of aromatic nitrogens is 1. The zero-order valence-corrected chi connectivity index (χ0v) is 13.2. The monoisotopic (exact) mass is 326 g/mol. The Bertz CT molecular complexity index is 912. The van der Waals surface area contributed by atoms with E-state index in [1.165, 1.54) is 19.2 Å². The fraction of sp³-hybridized carbons (Fsp3) is 0.111. The fourth-order valence-electron chi connectivity index (χ4n) is 2.31. The van der Waals surface area contributed by atoms with Crippen molar-refractivity contribution in [3.63, 3.8) is 0 Å². The number of hydrogen-bond acceptors (Lipinski definition) is 4. The number of nitrogens with one attached hydrogen (secondary N) is 1. The van der Waals surface area contributed by atoms with E-state index in [0.29, 0.717) is 11.6 Å². The number of carbonyl (C=O) groups is 1. The number of benzene rings is 2. The highest BCUT2D eigenvalue weighted by Crippen LogP contribution is 2.22. The Balaban J connectivity index is 1.83. The van der Waals surface area contributed by atoms with Gasteiger partial charge < -0.3 is 14.8 Å². The van der Waals surface area contributed by atoms with E-state index >= 15 is 0 Å². The summed E-state index contributed by atoms with van der Waals surface area (Å²) in [6.07, 6.45) is 0. The Morgan fingerprint density at radius 2 is 1.88 bits per heavy atom. The highest BCUT2D eigenvalue weighted by Gasteiger charge is 2.11. The molecular formula is C18H15FN2O3. The lowest BCUT2D eigenvalue weighted by atomic mass is 10.1. The minimum absolute atomic E-state index is 0.0947. The topological polar surface area (TPSA) is 60.5 Å². The number of methoxy groups -OCH3 is 2. The normalized spacial score (nSPS) is 10.5. The van der Waals surface area contributed by atoms with Crippen molar-refractivity contribution in [2.45, 2.75) is 0 Å². The molecule has 0 bridgehead atoms. The number of pyridine rings is 1. The van der Waals surface area contributed by atoms with Crippen LogP contribution in [0.3, 0.4) is 0 Å². The Kier molecular flexibility index (Phi) is 4.29. The zero-order chi connectivity index (χ0) is 17.1. The van der Waals surface area contributed by atoms with Gasteiger partial charge in [-0.15, -0.1) is 0 Å². The van der Waals surface area contributed by atoms with Crippen molar-refractivity contribution in [3.8, 4) is 11.6 Å². The maximum atomic E-state index is 13.7. The third-order valence-electron chi connectivity index (χ3n) is 3.54. The Labute approximate surface area is 138 Å². The molecule has 0 fully saturated rings. The van der Waals surface area contributed by atoms with E-state index < -0.39 is 11.7 Å². The van der Waals surface area contributed by atoms with Crippen LogP contribution in [0.1, 0.15) is 10.4 Å². The summed E-state index contributed by atoms with van der Waals surface area (Å²) in [5.74, 6) is -0.373. The molecule has 6 heteroatoms. The van der Waals surface area contributed by atoms with Gasteiger partial charge in [-0.25, -0.2) is 9.37 Å². The van der Waals surface area contributed by atoms with Gasteiger partial charge in [0.25, 0.3) is 5.91 Å². The van der Waals surface area contributed by atoms with Crippen molar-refractivity contribution in [1.29, 1.82) is 0 Å². The molecule has 0 radical (unpaired) electrons. The molecule has 0 spiro atoms. The van der Waals surface area contributed by atoms with Crippen LogP contribution >= 0.6 is 0 Å². The highest BCUT2D eigenvalue weighted by molar-refractivity contribution is 6.05. The molecule has 0 unspecified atom stereocenters. The third kappa shape index (κ3) is 3.12. The van der Waals surface area contributed by atoms with Crippen molar-refractivity contribution in [2.75, 3.05) is 19.5 Å². The van der Waals surface area contributed by atoms with Crippen LogP contribution in [0.15, 0.2) is 48.5 Å². The predicted octanol–water partition coefficient (Wildman–Crippen LogP) is 3.64. The van der Waals surface area contributed by atoms with Crippen LogP contribution in [-0.4, -0.2) is 25.1 Å². The molecule has 1 aromatic heterocycles. The average molecular weight is 326 g/mol. The molecule has 0 saturated heterocycles. The van der Waals surface area contributed by atoms with Gasteiger partial charge in [-0.05, 0) is 42.5 Å². The lowest BCUT2D eigenvalue weighted by molar-refractivity contribution is 0.102. The molecule has 0 saturated carbocycles. The van der Waals surface area contributed by atoms with Crippen LogP contribution in [0.5, 0.6) is 11.6 Å². The van der Waals surface area contributed by atoms with Gasteiger partial charge in [0.15, 0.2) is 11.6 Å². The first kappa shape index (κ1) is 15.7. The average Bonchev–Trinajstić information content (AvgIpc) is 2.61. The maximum Gasteiger partial charge on any atom is 0.255 e. The molecule has 1 N–H and O–H groups in total. The van der Waals surface area contributed by atoms with Gasteiger partial charge in [-0.2, -0.15) is 0 Å². The van der Waals surface area contributed by atoms with E-state index in [0.717, 1.165) is 17.0 Å². The van der Waals surface area contributed by atoms with Crippen LogP contribution in [0, 0.1) is 5.82 Å². The SMILES string of the molecule is COc1ccc2cc(NC(=O)c3ccc(OC)c(F)c3)ccc2n1. The summed E-state index contributed by atoms with van der Waals surface area (Å²) >= 11 is 0. The zero-order valence-electron chi connectivity index (χ0n) is 13.2. The lowest BCUT2D eigenvalue weighted by Gasteiger charge is -2.08. The Morgan fingerprint density at radius 3 is 2.58 bits per heavy atom. The largest absolute Gasteiger partial charge is 0.494 e. The number of ether oxygens (including phenoxy) is 2. The molecule has 3 rings (SSSR count). The molecule has 0 aliphatic rings. The summed E-state index contributed by atoms with van der Waals surface area (Å²) < 4.78 is 23.6. The molecule has 1 amide bonds. The summed E-state index contributed by atoms with van der Waals surface area (Å²) in [4.78, 5) is 16.6. The molecule has 24 heavy (non-hydrogen) atoms. The quantitative estimate of drug-likeness (QED) is 0.795. The van der Waals surface area contributed by atoms with E-state index in [9.17, 15) is 9.18 Å². The van der Waals surface area contributed by atoms with Crippen LogP contribution < -0.4 is 14.8 Å². The first-order valence-electron chi connectivity index (χ1n) is 7.20. The summed E-state index contributed by atoms with van der Waals surface area (Å²) in [5.41, 5.74) is 1.56. The predicted molar refractivity (Wildman–Crippen MR) is 89.2 cm³/mol. The number of fused-ring (bicyclic) bond motifs is 1. The summed E-state index contributed by atoms with van der Waals surface area (Å²) in [7, 11) is 2.92. The summed E-state index contributed by atoms with van der Waals surface area (Å²) in [6, 6.07) is 13.0. The van der Waals surface area contributed by atoms with Gasteiger partial charge in [0.2, 0.25) is 5.88 Å². The second-order valence-corrected chi connectivity index (χ2v) is 5.06. The fourth-order valence-corrected chi connectivity index (χ4v) is 2.31. The molecule has 0 aliphatic heterocycles. The number of carbonyl (C=O) groups excluding carboxylic acids is 1. The minimum Gasteiger partial charge on any atom is -0.494 e. The van der Waals surface area contributed by atoms with Crippen molar-refractivity contribution in [3.05, 3.63) is 59.9 Å². The van der Waals surface area contributed by atoms with E-state index in [4.69, 9.17) is 9.47 Å². The lowest BCUT2D eigenvalue weighted by Crippen LogP contribution is -2.12. The van der Waals surface area contributed by atoms with Gasteiger partial charge in [0.05, 0.1) is 19.7 Å². The van der Waals surface area contributed by atoms with Crippen LogP contribution in [-0.2, 0) is 0 Å². The van der Waals surface area contributed by atoms with Gasteiger partial charge in [-0.3, -0.25) is 4.79 Å². The number of nitrogens with zero attached hydrogens (tertiary/aromatic N) is 1. The van der Waals surface area contributed by atoms with E-state index in [2.05, 4.69) is 10.3 Å².